The van der Waals surface area contributed by atoms with Crippen molar-refractivity contribution in [3.05, 3.63) is 84.4 Å². The highest BCUT2D eigenvalue weighted by molar-refractivity contribution is 7.92. The van der Waals surface area contributed by atoms with Gasteiger partial charge in [-0.1, -0.05) is 29.8 Å². The van der Waals surface area contributed by atoms with Crippen LogP contribution in [0.5, 0.6) is 0 Å². The van der Waals surface area contributed by atoms with E-state index in [1.807, 2.05) is 0 Å². The number of ether oxygens (including phenoxy) is 1. The molecular weight excluding hydrogens is 428 g/mol. The zero-order chi connectivity index (χ0) is 22.1. The van der Waals surface area contributed by atoms with Crippen LogP contribution < -0.4 is 9.62 Å². The van der Waals surface area contributed by atoms with Gasteiger partial charge in [0.15, 0.2) is 6.61 Å². The summed E-state index contributed by atoms with van der Waals surface area (Å²) in [5.41, 5.74) is 0.397. The van der Waals surface area contributed by atoms with Crippen LogP contribution in [0.3, 0.4) is 0 Å². The highest BCUT2D eigenvalue weighted by atomic mass is 35.5. The fourth-order valence-electron chi connectivity index (χ4n) is 2.43. The van der Waals surface area contributed by atoms with Gasteiger partial charge in [-0.2, -0.15) is 0 Å². The smallest absolute Gasteiger partial charge is 0.338 e. The third-order valence-electron chi connectivity index (χ3n) is 3.85. The molecule has 0 aliphatic rings. The van der Waals surface area contributed by atoms with E-state index in [9.17, 15) is 18.0 Å². The zero-order valence-electron chi connectivity index (χ0n) is 16.1. The molecule has 0 bridgehead atoms. The molecule has 2 aromatic rings. The largest absolute Gasteiger partial charge is 0.452 e. The Hall–Kier alpha value is -3.10. The first-order valence-corrected chi connectivity index (χ1v) is 10.7. The molecule has 30 heavy (non-hydrogen) atoms. The average Bonchev–Trinajstić information content (AvgIpc) is 2.75. The minimum absolute atomic E-state index is 0.00209. The Morgan fingerprint density at radius 2 is 1.80 bits per heavy atom. The maximum atomic E-state index is 13.2. The van der Waals surface area contributed by atoms with Gasteiger partial charge in [0, 0.05) is 11.6 Å². The normalized spacial score (nSPS) is 10.7. The number of amides is 1. The summed E-state index contributed by atoms with van der Waals surface area (Å²) in [6, 6.07) is 11.7. The van der Waals surface area contributed by atoms with E-state index in [2.05, 4.69) is 18.5 Å². The predicted molar refractivity (Wildman–Crippen MR) is 116 cm³/mol. The summed E-state index contributed by atoms with van der Waals surface area (Å²) in [6.07, 6.45) is 2.94. The Morgan fingerprint density at radius 3 is 2.43 bits per heavy atom. The van der Waals surface area contributed by atoms with Crippen LogP contribution in [-0.4, -0.2) is 40.0 Å². The molecule has 0 fully saturated rings. The fourth-order valence-corrected chi connectivity index (χ4v) is 4.04. The molecule has 0 radical (unpaired) electrons. The number of nitrogens with zero attached hydrogens (tertiary/aromatic N) is 1. The number of carbonyl (C=O) groups is 2. The number of anilines is 1. The third kappa shape index (κ3) is 5.95. The van der Waals surface area contributed by atoms with Crippen LogP contribution in [0.15, 0.2) is 78.7 Å². The quantitative estimate of drug-likeness (QED) is 0.445. The van der Waals surface area contributed by atoms with Gasteiger partial charge in [0.05, 0.1) is 22.7 Å². The molecule has 0 aromatic heterocycles. The molecule has 0 atom stereocenters. The van der Waals surface area contributed by atoms with E-state index in [0.717, 1.165) is 4.31 Å². The van der Waals surface area contributed by atoms with Crippen molar-refractivity contribution < 1.29 is 22.7 Å². The molecule has 0 spiro atoms. The molecule has 0 aliphatic heterocycles. The average molecular weight is 449 g/mol. The number of hydrogen-bond acceptors (Lipinski definition) is 5. The number of benzene rings is 2. The van der Waals surface area contributed by atoms with Gasteiger partial charge in [0.25, 0.3) is 15.9 Å². The van der Waals surface area contributed by atoms with E-state index >= 15 is 0 Å². The summed E-state index contributed by atoms with van der Waals surface area (Å²) in [4.78, 5) is 23.7. The molecular formula is C21H21ClN2O5S. The Morgan fingerprint density at radius 1 is 1.10 bits per heavy atom. The molecule has 0 saturated heterocycles. The maximum Gasteiger partial charge on any atom is 0.338 e. The molecule has 2 rings (SSSR count). The van der Waals surface area contributed by atoms with Crippen LogP contribution in [0.4, 0.5) is 5.69 Å². The van der Waals surface area contributed by atoms with Crippen molar-refractivity contribution in [3.8, 4) is 0 Å². The molecule has 0 aliphatic carbocycles. The SMILES string of the molecule is C=CCNC(=O)COC(=O)c1cccc(S(=O)(=O)N(CC=C)c2ccc(Cl)cc2)c1. The first-order valence-electron chi connectivity index (χ1n) is 8.83. The third-order valence-corrected chi connectivity index (χ3v) is 5.89. The molecule has 158 valence electrons. The molecule has 1 amide bonds. The van der Waals surface area contributed by atoms with Crippen molar-refractivity contribution in [2.45, 2.75) is 4.90 Å². The Labute approximate surface area is 180 Å². The highest BCUT2D eigenvalue weighted by Crippen LogP contribution is 2.25. The molecule has 0 saturated carbocycles. The maximum absolute atomic E-state index is 13.2. The molecule has 7 nitrogen and oxygen atoms in total. The van der Waals surface area contributed by atoms with Crippen molar-refractivity contribution in [3.63, 3.8) is 0 Å². The van der Waals surface area contributed by atoms with E-state index in [4.69, 9.17) is 16.3 Å². The van der Waals surface area contributed by atoms with Gasteiger partial charge in [0.1, 0.15) is 0 Å². The summed E-state index contributed by atoms with van der Waals surface area (Å²) in [6.45, 7) is 6.84. The molecule has 2 aromatic carbocycles. The van der Waals surface area contributed by atoms with Gasteiger partial charge in [-0.15, -0.1) is 13.2 Å². The van der Waals surface area contributed by atoms with Crippen LogP contribution in [0.2, 0.25) is 5.02 Å². The van der Waals surface area contributed by atoms with Crippen LogP contribution in [-0.2, 0) is 19.6 Å². The molecule has 0 heterocycles. The summed E-state index contributed by atoms with van der Waals surface area (Å²) in [7, 11) is -4.01. The molecule has 0 unspecified atom stereocenters. The van der Waals surface area contributed by atoms with E-state index in [1.54, 1.807) is 24.3 Å². The van der Waals surface area contributed by atoms with Gasteiger partial charge >= 0.3 is 5.97 Å². The molecule has 1 N–H and O–H groups in total. The van der Waals surface area contributed by atoms with Crippen LogP contribution in [0, 0.1) is 0 Å². The van der Waals surface area contributed by atoms with Crippen molar-refractivity contribution in [1.82, 2.24) is 5.32 Å². The van der Waals surface area contributed by atoms with Gasteiger partial charge < -0.3 is 10.1 Å². The van der Waals surface area contributed by atoms with E-state index in [0.29, 0.717) is 10.7 Å². The number of rotatable bonds is 10. The Bertz CT molecular complexity index is 1040. The fraction of sp³-hybridized carbons (Fsp3) is 0.143. The zero-order valence-corrected chi connectivity index (χ0v) is 17.7. The first kappa shape index (κ1) is 23.2. The number of halogens is 1. The Kier molecular flexibility index (Phi) is 8.20. The lowest BCUT2D eigenvalue weighted by Crippen LogP contribution is -2.31. The second-order valence-corrected chi connectivity index (χ2v) is 8.30. The second-order valence-electron chi connectivity index (χ2n) is 6.00. The monoisotopic (exact) mass is 448 g/mol. The van der Waals surface area contributed by atoms with E-state index in [-0.39, 0.29) is 23.5 Å². The van der Waals surface area contributed by atoms with Crippen LogP contribution >= 0.6 is 11.6 Å². The van der Waals surface area contributed by atoms with Gasteiger partial charge in [-0.3, -0.25) is 9.10 Å². The number of esters is 1. The topological polar surface area (TPSA) is 92.8 Å². The number of sulfonamides is 1. The Balaban J connectivity index is 2.26. The summed E-state index contributed by atoms with van der Waals surface area (Å²) < 4.78 is 32.5. The van der Waals surface area contributed by atoms with Gasteiger partial charge in [-0.25, -0.2) is 13.2 Å². The summed E-state index contributed by atoms with van der Waals surface area (Å²) >= 11 is 5.89. The minimum Gasteiger partial charge on any atom is -0.452 e. The van der Waals surface area contributed by atoms with E-state index < -0.39 is 28.5 Å². The first-order chi connectivity index (χ1) is 14.3. The summed E-state index contributed by atoms with van der Waals surface area (Å²) in [5, 5.41) is 2.94. The van der Waals surface area contributed by atoms with Crippen molar-refractivity contribution in [1.29, 1.82) is 0 Å². The van der Waals surface area contributed by atoms with Gasteiger partial charge in [0.2, 0.25) is 0 Å². The summed E-state index contributed by atoms with van der Waals surface area (Å²) in [5.74, 6) is -1.31. The lowest BCUT2D eigenvalue weighted by Gasteiger charge is -2.23. The second kappa shape index (κ2) is 10.6. The number of hydrogen-bond donors (Lipinski definition) is 1. The number of carbonyl (C=O) groups excluding carboxylic acids is 2. The van der Waals surface area contributed by atoms with Crippen molar-refractivity contribution >= 4 is 39.2 Å². The van der Waals surface area contributed by atoms with E-state index in [1.165, 1.54) is 36.4 Å². The van der Waals surface area contributed by atoms with Crippen LogP contribution in [0.1, 0.15) is 10.4 Å². The standard InChI is InChI=1S/C21H21ClN2O5S/c1-3-12-23-20(25)15-29-21(26)16-6-5-7-19(14-16)30(27,28)24(13-4-2)18-10-8-17(22)9-11-18/h3-11,14H,1-2,12-13,15H2,(H,23,25). The number of nitrogens with one attached hydrogen (secondary N) is 1. The minimum atomic E-state index is -4.01. The predicted octanol–water partition coefficient (Wildman–Crippen LogP) is 3.18. The van der Waals surface area contributed by atoms with Crippen molar-refractivity contribution in [2.75, 3.05) is 24.0 Å². The van der Waals surface area contributed by atoms with Crippen LogP contribution in [0.25, 0.3) is 0 Å². The highest BCUT2D eigenvalue weighted by Gasteiger charge is 2.25. The van der Waals surface area contributed by atoms with Gasteiger partial charge in [-0.05, 0) is 42.5 Å². The van der Waals surface area contributed by atoms with Crippen molar-refractivity contribution in [2.24, 2.45) is 0 Å². The lowest BCUT2D eigenvalue weighted by atomic mass is 10.2. The molecule has 9 heteroatoms. The lowest BCUT2D eigenvalue weighted by molar-refractivity contribution is -0.124.